The number of rotatable bonds is 3. The van der Waals surface area contributed by atoms with E-state index in [1.165, 1.54) is 5.56 Å². The molecule has 2 aromatic heterocycles. The zero-order valence-corrected chi connectivity index (χ0v) is 12.2. The summed E-state index contributed by atoms with van der Waals surface area (Å²) in [7, 11) is 1.90. The van der Waals surface area contributed by atoms with Crippen LogP contribution in [0.25, 0.3) is 0 Å². The second-order valence-corrected chi connectivity index (χ2v) is 5.32. The van der Waals surface area contributed by atoms with Gasteiger partial charge in [0, 0.05) is 38.1 Å². The molecule has 0 fully saturated rings. The number of imidazole rings is 1. The van der Waals surface area contributed by atoms with Crippen LogP contribution in [0.15, 0.2) is 18.7 Å². The van der Waals surface area contributed by atoms with Gasteiger partial charge in [0.05, 0.1) is 6.54 Å². The van der Waals surface area contributed by atoms with Crippen LogP contribution >= 0.6 is 0 Å². The topological polar surface area (TPSA) is 58.9 Å². The van der Waals surface area contributed by atoms with Gasteiger partial charge < -0.3 is 14.8 Å². The molecule has 0 amide bonds. The molecule has 0 aromatic carbocycles. The Balaban J connectivity index is 1.99. The Kier molecular flexibility index (Phi) is 3.30. The molecule has 3 heterocycles. The van der Waals surface area contributed by atoms with Crippen molar-refractivity contribution in [2.45, 2.75) is 32.9 Å². The number of anilines is 2. The largest absolute Gasteiger partial charge is 0.373 e. The molecule has 2 aromatic rings. The molecule has 0 bridgehead atoms. The van der Waals surface area contributed by atoms with Gasteiger partial charge in [0.25, 0.3) is 0 Å². The van der Waals surface area contributed by atoms with Gasteiger partial charge in [-0.3, -0.25) is 0 Å². The Morgan fingerprint density at radius 2 is 2.05 bits per heavy atom. The van der Waals surface area contributed by atoms with Gasteiger partial charge in [0.2, 0.25) is 0 Å². The summed E-state index contributed by atoms with van der Waals surface area (Å²) in [6, 6.07) is 0. The van der Waals surface area contributed by atoms with Gasteiger partial charge in [0.15, 0.2) is 0 Å². The molecule has 0 atom stereocenters. The zero-order chi connectivity index (χ0) is 14.1. The maximum Gasteiger partial charge on any atom is 0.138 e. The first kappa shape index (κ1) is 12.9. The summed E-state index contributed by atoms with van der Waals surface area (Å²) in [6.07, 6.45) is 5.53. The fraction of sp³-hybridized carbons (Fsp3) is 0.500. The lowest BCUT2D eigenvalue weighted by atomic mass is 10.0. The molecule has 0 saturated carbocycles. The summed E-state index contributed by atoms with van der Waals surface area (Å²) >= 11 is 0. The van der Waals surface area contributed by atoms with Crippen LogP contribution in [-0.2, 0) is 13.1 Å². The van der Waals surface area contributed by atoms with Gasteiger partial charge in [-0.15, -0.1) is 0 Å². The van der Waals surface area contributed by atoms with E-state index in [-0.39, 0.29) is 0 Å². The molecule has 0 saturated heterocycles. The highest BCUT2D eigenvalue weighted by atomic mass is 15.3. The van der Waals surface area contributed by atoms with E-state index in [0.717, 1.165) is 37.1 Å². The van der Waals surface area contributed by atoms with Gasteiger partial charge >= 0.3 is 0 Å². The fourth-order valence-electron chi connectivity index (χ4n) is 2.72. The molecule has 0 radical (unpaired) electrons. The van der Waals surface area contributed by atoms with E-state index in [9.17, 15) is 0 Å². The van der Waals surface area contributed by atoms with Crippen molar-refractivity contribution in [2.24, 2.45) is 0 Å². The molecule has 1 N–H and O–H groups in total. The summed E-state index contributed by atoms with van der Waals surface area (Å²) in [5.74, 6) is 3.40. The summed E-state index contributed by atoms with van der Waals surface area (Å²) in [5.41, 5.74) is 1.18. The van der Waals surface area contributed by atoms with Crippen LogP contribution in [0.2, 0.25) is 0 Å². The average Bonchev–Trinajstić information content (AvgIpc) is 2.93. The first-order chi connectivity index (χ1) is 9.70. The molecule has 20 heavy (non-hydrogen) atoms. The van der Waals surface area contributed by atoms with Crippen molar-refractivity contribution in [3.05, 3.63) is 30.1 Å². The number of nitrogens with zero attached hydrogens (tertiary/aromatic N) is 5. The van der Waals surface area contributed by atoms with E-state index >= 15 is 0 Å². The Bertz CT molecular complexity index is 603. The van der Waals surface area contributed by atoms with E-state index in [4.69, 9.17) is 0 Å². The summed E-state index contributed by atoms with van der Waals surface area (Å²) in [4.78, 5) is 15.6. The molecule has 1 aliphatic heterocycles. The van der Waals surface area contributed by atoms with Crippen molar-refractivity contribution in [3.63, 3.8) is 0 Å². The first-order valence-electron chi connectivity index (χ1n) is 6.98. The van der Waals surface area contributed by atoms with Gasteiger partial charge in [-0.25, -0.2) is 15.0 Å². The van der Waals surface area contributed by atoms with Crippen molar-refractivity contribution in [1.82, 2.24) is 19.5 Å². The average molecular weight is 272 g/mol. The van der Waals surface area contributed by atoms with Gasteiger partial charge in [0.1, 0.15) is 23.8 Å². The minimum Gasteiger partial charge on any atom is -0.373 e. The lowest BCUT2D eigenvalue weighted by molar-refractivity contribution is 0.553. The molecule has 0 unspecified atom stereocenters. The Hall–Kier alpha value is -2.11. The standard InChI is InChI=1S/C14H20N6/c1-10(2)12-13(15-3)17-9-18-14(12)20-7-6-19-5-4-16-11(19)8-20/h4-5,9-10H,6-8H2,1-3H3,(H,15,17,18). The van der Waals surface area contributed by atoms with E-state index in [2.05, 4.69) is 43.6 Å². The van der Waals surface area contributed by atoms with Crippen molar-refractivity contribution in [1.29, 1.82) is 0 Å². The lowest BCUT2D eigenvalue weighted by Crippen LogP contribution is -2.35. The molecule has 3 rings (SSSR count). The van der Waals surface area contributed by atoms with Crippen molar-refractivity contribution in [3.8, 4) is 0 Å². The van der Waals surface area contributed by atoms with Gasteiger partial charge in [-0.2, -0.15) is 0 Å². The Morgan fingerprint density at radius 3 is 2.80 bits per heavy atom. The smallest absolute Gasteiger partial charge is 0.138 e. The van der Waals surface area contributed by atoms with Gasteiger partial charge in [-0.05, 0) is 5.92 Å². The number of nitrogens with one attached hydrogen (secondary N) is 1. The second-order valence-electron chi connectivity index (χ2n) is 5.32. The normalized spacial score (nSPS) is 14.5. The van der Waals surface area contributed by atoms with Crippen LogP contribution in [0, 0.1) is 0 Å². The molecule has 6 heteroatoms. The van der Waals surface area contributed by atoms with E-state index in [1.807, 2.05) is 19.4 Å². The second kappa shape index (κ2) is 5.11. The predicted molar refractivity (Wildman–Crippen MR) is 78.9 cm³/mol. The van der Waals surface area contributed by atoms with Crippen molar-refractivity contribution in [2.75, 3.05) is 23.8 Å². The third kappa shape index (κ3) is 2.11. The lowest BCUT2D eigenvalue weighted by Gasteiger charge is -2.31. The number of aromatic nitrogens is 4. The SMILES string of the molecule is CNc1ncnc(N2CCn3ccnc3C2)c1C(C)C. The van der Waals surface area contributed by atoms with Crippen LogP contribution in [0.5, 0.6) is 0 Å². The number of hydrogen-bond donors (Lipinski definition) is 1. The minimum atomic E-state index is 0.371. The van der Waals surface area contributed by atoms with Crippen LogP contribution in [-0.4, -0.2) is 33.1 Å². The van der Waals surface area contributed by atoms with Crippen LogP contribution in [0.3, 0.4) is 0 Å². The van der Waals surface area contributed by atoms with Crippen molar-refractivity contribution >= 4 is 11.6 Å². The first-order valence-corrected chi connectivity index (χ1v) is 6.98. The number of fused-ring (bicyclic) bond motifs is 1. The molecule has 1 aliphatic rings. The summed E-state index contributed by atoms with van der Waals surface area (Å²) in [6.45, 7) is 7.05. The zero-order valence-electron chi connectivity index (χ0n) is 12.2. The van der Waals surface area contributed by atoms with E-state index < -0.39 is 0 Å². The highest BCUT2D eigenvalue weighted by molar-refractivity contribution is 5.60. The molecular formula is C14H20N6. The van der Waals surface area contributed by atoms with Gasteiger partial charge in [-0.1, -0.05) is 13.8 Å². The van der Waals surface area contributed by atoms with Crippen molar-refractivity contribution < 1.29 is 0 Å². The molecule has 0 spiro atoms. The molecule has 0 aliphatic carbocycles. The predicted octanol–water partition coefficient (Wildman–Crippen LogP) is 1.86. The van der Waals surface area contributed by atoms with Crippen LogP contribution < -0.4 is 10.2 Å². The fourth-order valence-corrected chi connectivity index (χ4v) is 2.72. The van der Waals surface area contributed by atoms with E-state index in [0.29, 0.717) is 5.92 Å². The highest BCUT2D eigenvalue weighted by Gasteiger charge is 2.23. The Morgan fingerprint density at radius 1 is 1.20 bits per heavy atom. The third-order valence-corrected chi connectivity index (χ3v) is 3.72. The minimum absolute atomic E-state index is 0.371. The quantitative estimate of drug-likeness (QED) is 0.924. The monoisotopic (exact) mass is 272 g/mol. The van der Waals surface area contributed by atoms with Crippen LogP contribution in [0.1, 0.15) is 31.2 Å². The summed E-state index contributed by atoms with van der Waals surface area (Å²) < 4.78 is 2.20. The molecular weight excluding hydrogens is 252 g/mol. The highest BCUT2D eigenvalue weighted by Crippen LogP contribution is 2.32. The maximum absolute atomic E-state index is 4.53. The van der Waals surface area contributed by atoms with E-state index in [1.54, 1.807) is 6.33 Å². The Labute approximate surface area is 118 Å². The molecule has 106 valence electrons. The van der Waals surface area contributed by atoms with Crippen LogP contribution in [0.4, 0.5) is 11.6 Å². The molecule has 6 nitrogen and oxygen atoms in total. The maximum atomic E-state index is 4.53. The number of hydrogen-bond acceptors (Lipinski definition) is 5. The summed E-state index contributed by atoms with van der Waals surface area (Å²) in [5, 5.41) is 3.17. The third-order valence-electron chi connectivity index (χ3n) is 3.72.